The van der Waals surface area contributed by atoms with Gasteiger partial charge in [0.05, 0.1) is 6.04 Å². The minimum Gasteiger partial charge on any atom is -0.456 e. The van der Waals surface area contributed by atoms with Gasteiger partial charge in [-0.2, -0.15) is 0 Å². The van der Waals surface area contributed by atoms with Gasteiger partial charge in [0, 0.05) is 5.39 Å². The van der Waals surface area contributed by atoms with Gasteiger partial charge in [0.15, 0.2) is 11.4 Å². The van der Waals surface area contributed by atoms with Crippen molar-refractivity contribution < 1.29 is 8.81 Å². The predicted molar refractivity (Wildman–Crippen MR) is 78.3 cm³/mol. The third-order valence-corrected chi connectivity index (χ3v) is 3.46. The molecule has 1 unspecified atom stereocenters. The molecule has 1 N–H and O–H groups in total. The van der Waals surface area contributed by atoms with Crippen molar-refractivity contribution >= 4 is 11.0 Å². The molecular weight excluding hydrogens is 253 g/mol. The van der Waals surface area contributed by atoms with E-state index in [0.717, 1.165) is 16.7 Å². The molecule has 1 aromatic heterocycles. The van der Waals surface area contributed by atoms with Gasteiger partial charge in [-0.15, -0.1) is 0 Å². The summed E-state index contributed by atoms with van der Waals surface area (Å²) in [7, 11) is 1.87. The first-order valence-electron chi connectivity index (χ1n) is 6.61. The third-order valence-electron chi connectivity index (χ3n) is 3.46. The Hall–Kier alpha value is -2.13. The normalized spacial score (nSPS) is 12.8. The Balaban J connectivity index is 2.09. The largest absolute Gasteiger partial charge is 0.456 e. The van der Waals surface area contributed by atoms with E-state index < -0.39 is 0 Å². The first-order chi connectivity index (χ1) is 9.69. The highest BCUT2D eigenvalue weighted by molar-refractivity contribution is 5.78. The Morgan fingerprint density at radius 2 is 1.90 bits per heavy atom. The van der Waals surface area contributed by atoms with Crippen molar-refractivity contribution in [3.8, 4) is 0 Å². The number of halogens is 1. The van der Waals surface area contributed by atoms with Crippen LogP contribution in [0.2, 0.25) is 0 Å². The van der Waals surface area contributed by atoms with Gasteiger partial charge in [-0.3, -0.25) is 0 Å². The van der Waals surface area contributed by atoms with Crippen LogP contribution in [0.1, 0.15) is 22.9 Å². The summed E-state index contributed by atoms with van der Waals surface area (Å²) in [5.41, 5.74) is 2.60. The van der Waals surface area contributed by atoms with Gasteiger partial charge in [0.2, 0.25) is 0 Å². The van der Waals surface area contributed by atoms with Crippen molar-refractivity contribution in [1.82, 2.24) is 5.32 Å². The predicted octanol–water partition coefficient (Wildman–Crippen LogP) is 4.19. The zero-order valence-electron chi connectivity index (χ0n) is 11.5. The summed E-state index contributed by atoms with van der Waals surface area (Å²) in [4.78, 5) is 0. The van der Waals surface area contributed by atoms with E-state index in [-0.39, 0.29) is 11.9 Å². The number of fused-ring (bicyclic) bond motifs is 1. The fourth-order valence-electron chi connectivity index (χ4n) is 2.51. The zero-order valence-corrected chi connectivity index (χ0v) is 11.5. The van der Waals surface area contributed by atoms with Crippen LogP contribution in [0.25, 0.3) is 11.0 Å². The number of furan rings is 1. The highest BCUT2D eigenvalue weighted by Crippen LogP contribution is 2.29. The van der Waals surface area contributed by atoms with Crippen molar-refractivity contribution in [2.24, 2.45) is 0 Å². The monoisotopic (exact) mass is 269 g/mol. The summed E-state index contributed by atoms with van der Waals surface area (Å²) >= 11 is 0. The van der Waals surface area contributed by atoms with Crippen LogP contribution < -0.4 is 5.32 Å². The fraction of sp³-hybridized carbons (Fsp3) is 0.176. The highest BCUT2D eigenvalue weighted by atomic mass is 19.1. The molecule has 0 amide bonds. The maximum Gasteiger partial charge on any atom is 0.169 e. The molecule has 2 aromatic carbocycles. The smallest absolute Gasteiger partial charge is 0.169 e. The molecule has 3 rings (SSSR count). The fourth-order valence-corrected chi connectivity index (χ4v) is 2.51. The van der Waals surface area contributed by atoms with Gasteiger partial charge in [-0.05, 0) is 31.7 Å². The van der Waals surface area contributed by atoms with E-state index in [1.165, 1.54) is 11.6 Å². The molecule has 0 aliphatic rings. The lowest BCUT2D eigenvalue weighted by atomic mass is 10.0. The molecule has 20 heavy (non-hydrogen) atoms. The quantitative estimate of drug-likeness (QED) is 0.771. The molecular formula is C17H16FNO. The molecule has 3 aromatic rings. The number of para-hydroxylation sites is 1. The lowest BCUT2D eigenvalue weighted by molar-refractivity contribution is 0.476. The lowest BCUT2D eigenvalue weighted by Crippen LogP contribution is -2.16. The molecule has 102 valence electrons. The van der Waals surface area contributed by atoms with Crippen LogP contribution in [-0.2, 0) is 0 Å². The standard InChI is InChI=1S/C17H16FNO/c1-11-5-3-6-12(9-11)16(19-2)15-10-13-7-4-8-14(18)17(13)20-15/h3-10,16,19H,1-2H3. The number of nitrogens with one attached hydrogen (secondary N) is 1. The number of hydrogen-bond acceptors (Lipinski definition) is 2. The average Bonchev–Trinajstić information content (AvgIpc) is 2.85. The van der Waals surface area contributed by atoms with Crippen LogP contribution in [0.4, 0.5) is 4.39 Å². The summed E-state index contributed by atoms with van der Waals surface area (Å²) in [5, 5.41) is 4.01. The topological polar surface area (TPSA) is 25.2 Å². The van der Waals surface area contributed by atoms with Gasteiger partial charge in [-0.25, -0.2) is 4.39 Å². The molecule has 0 fully saturated rings. The van der Waals surface area contributed by atoms with Crippen LogP contribution in [-0.4, -0.2) is 7.05 Å². The van der Waals surface area contributed by atoms with Crippen LogP contribution in [0.15, 0.2) is 52.9 Å². The molecule has 0 bridgehead atoms. The van der Waals surface area contributed by atoms with Gasteiger partial charge in [0.25, 0.3) is 0 Å². The first-order valence-corrected chi connectivity index (χ1v) is 6.61. The molecule has 1 atom stereocenters. The SMILES string of the molecule is CNC(c1cccc(C)c1)c1cc2cccc(F)c2o1. The number of benzene rings is 2. The van der Waals surface area contributed by atoms with Gasteiger partial charge < -0.3 is 9.73 Å². The van der Waals surface area contributed by atoms with Crippen molar-refractivity contribution in [3.05, 3.63) is 71.2 Å². The molecule has 0 aliphatic carbocycles. The molecule has 0 saturated carbocycles. The second kappa shape index (κ2) is 5.10. The lowest BCUT2D eigenvalue weighted by Gasteiger charge is -2.14. The maximum absolute atomic E-state index is 13.7. The van der Waals surface area contributed by atoms with Crippen LogP contribution >= 0.6 is 0 Å². The third kappa shape index (κ3) is 2.21. The second-order valence-electron chi connectivity index (χ2n) is 4.94. The van der Waals surface area contributed by atoms with Crippen LogP contribution in [0.3, 0.4) is 0 Å². The number of aryl methyl sites for hydroxylation is 1. The Morgan fingerprint density at radius 1 is 1.10 bits per heavy atom. The Morgan fingerprint density at radius 3 is 2.60 bits per heavy atom. The van der Waals surface area contributed by atoms with Gasteiger partial charge in [-0.1, -0.05) is 42.0 Å². The summed E-state index contributed by atoms with van der Waals surface area (Å²) < 4.78 is 19.4. The summed E-state index contributed by atoms with van der Waals surface area (Å²) in [5.74, 6) is 0.394. The van der Waals surface area contributed by atoms with Crippen molar-refractivity contribution in [3.63, 3.8) is 0 Å². The number of hydrogen-bond donors (Lipinski definition) is 1. The molecule has 1 heterocycles. The zero-order chi connectivity index (χ0) is 14.1. The van der Waals surface area contributed by atoms with E-state index in [1.54, 1.807) is 6.07 Å². The van der Waals surface area contributed by atoms with E-state index in [1.807, 2.05) is 31.3 Å². The highest BCUT2D eigenvalue weighted by Gasteiger charge is 2.18. The van der Waals surface area contributed by atoms with Crippen molar-refractivity contribution in [2.75, 3.05) is 7.05 Å². The van der Waals surface area contributed by atoms with Crippen LogP contribution in [0, 0.1) is 12.7 Å². The molecule has 0 radical (unpaired) electrons. The Labute approximate surface area is 117 Å². The minimum absolute atomic E-state index is 0.0818. The van der Waals surface area contributed by atoms with E-state index >= 15 is 0 Å². The second-order valence-corrected chi connectivity index (χ2v) is 4.94. The van der Waals surface area contributed by atoms with E-state index in [9.17, 15) is 4.39 Å². The van der Waals surface area contributed by atoms with Crippen molar-refractivity contribution in [1.29, 1.82) is 0 Å². The van der Waals surface area contributed by atoms with Crippen molar-refractivity contribution in [2.45, 2.75) is 13.0 Å². The Bertz CT molecular complexity index is 748. The molecule has 0 saturated heterocycles. The average molecular weight is 269 g/mol. The van der Waals surface area contributed by atoms with Crippen LogP contribution in [0.5, 0.6) is 0 Å². The molecule has 3 heteroatoms. The Kier molecular flexibility index (Phi) is 3.28. The summed E-state index contributed by atoms with van der Waals surface area (Å²) in [6.45, 7) is 2.05. The van der Waals surface area contributed by atoms with E-state index in [0.29, 0.717) is 5.58 Å². The van der Waals surface area contributed by atoms with Gasteiger partial charge >= 0.3 is 0 Å². The van der Waals surface area contributed by atoms with E-state index in [4.69, 9.17) is 4.42 Å². The molecule has 0 aliphatic heterocycles. The maximum atomic E-state index is 13.7. The van der Waals surface area contributed by atoms with Gasteiger partial charge in [0.1, 0.15) is 5.76 Å². The number of rotatable bonds is 3. The first kappa shape index (κ1) is 12.9. The minimum atomic E-state index is -0.326. The molecule has 0 spiro atoms. The molecule has 2 nitrogen and oxygen atoms in total. The summed E-state index contributed by atoms with van der Waals surface area (Å²) in [6.07, 6.45) is 0. The summed E-state index contributed by atoms with van der Waals surface area (Å²) in [6, 6.07) is 15.0. The van der Waals surface area contributed by atoms with E-state index in [2.05, 4.69) is 24.4 Å².